The molecule has 1 rings (SSSR count). The van der Waals surface area contributed by atoms with Gasteiger partial charge in [-0.15, -0.1) is 0 Å². The highest BCUT2D eigenvalue weighted by atomic mass is 16.6. The first-order valence-electron chi connectivity index (χ1n) is 6.45. The molecule has 1 unspecified atom stereocenters. The van der Waals surface area contributed by atoms with Gasteiger partial charge in [0, 0.05) is 31.3 Å². The molecule has 0 saturated heterocycles. The van der Waals surface area contributed by atoms with Gasteiger partial charge in [-0.1, -0.05) is 19.1 Å². The number of benzene rings is 1. The quantitative estimate of drug-likeness (QED) is 0.521. The standard InChI is InChI=1S/C13H19N3O4/c1-2-11(6-7-17)15-13(18)14-9-10-4-3-5-12(8-10)16(19)20/h3-5,8,11,17H,2,6-7,9H2,1H3,(H2,14,15,18). The number of hydrogen-bond acceptors (Lipinski definition) is 4. The van der Waals surface area contributed by atoms with Crippen LogP contribution in [0.5, 0.6) is 0 Å². The number of hydrogen-bond donors (Lipinski definition) is 3. The Morgan fingerprint density at radius 3 is 2.85 bits per heavy atom. The first-order valence-corrected chi connectivity index (χ1v) is 6.45. The van der Waals surface area contributed by atoms with Crippen molar-refractivity contribution in [3.63, 3.8) is 0 Å². The maximum Gasteiger partial charge on any atom is 0.315 e. The zero-order chi connectivity index (χ0) is 15.0. The first kappa shape index (κ1) is 15.9. The molecular formula is C13H19N3O4. The molecule has 1 aromatic carbocycles. The Morgan fingerprint density at radius 2 is 2.25 bits per heavy atom. The highest BCUT2D eigenvalue weighted by Crippen LogP contribution is 2.12. The third kappa shape index (κ3) is 5.23. The van der Waals surface area contributed by atoms with Crippen LogP contribution in [0.4, 0.5) is 10.5 Å². The molecule has 3 N–H and O–H groups in total. The zero-order valence-electron chi connectivity index (χ0n) is 11.3. The number of aliphatic hydroxyl groups is 1. The number of carbonyl (C=O) groups excluding carboxylic acids is 1. The molecule has 110 valence electrons. The second-order valence-corrected chi connectivity index (χ2v) is 4.37. The van der Waals surface area contributed by atoms with Crippen LogP contribution in [0.3, 0.4) is 0 Å². The summed E-state index contributed by atoms with van der Waals surface area (Å²) in [4.78, 5) is 21.8. The molecule has 7 heteroatoms. The van der Waals surface area contributed by atoms with Gasteiger partial charge in [-0.2, -0.15) is 0 Å². The smallest absolute Gasteiger partial charge is 0.315 e. The molecule has 0 bridgehead atoms. The SMILES string of the molecule is CCC(CCO)NC(=O)NCc1cccc([N+](=O)[O-])c1. The summed E-state index contributed by atoms with van der Waals surface area (Å²) in [6.07, 6.45) is 1.23. The monoisotopic (exact) mass is 281 g/mol. The van der Waals surface area contributed by atoms with Crippen LogP contribution in [0.15, 0.2) is 24.3 Å². The Kier molecular flexibility index (Phi) is 6.45. The van der Waals surface area contributed by atoms with Crippen LogP contribution in [0.1, 0.15) is 25.3 Å². The number of urea groups is 1. The molecule has 0 aliphatic carbocycles. The van der Waals surface area contributed by atoms with E-state index in [0.717, 1.165) is 6.42 Å². The number of nitrogens with zero attached hydrogens (tertiary/aromatic N) is 1. The minimum absolute atomic E-state index is 0.00331. The maximum atomic E-state index is 11.6. The average Bonchev–Trinajstić information content (AvgIpc) is 2.45. The lowest BCUT2D eigenvalue weighted by molar-refractivity contribution is -0.384. The fourth-order valence-corrected chi connectivity index (χ4v) is 1.73. The lowest BCUT2D eigenvalue weighted by atomic mass is 10.1. The number of nitro benzene ring substituents is 1. The summed E-state index contributed by atoms with van der Waals surface area (Å²) in [6, 6.07) is 5.68. The van der Waals surface area contributed by atoms with Crippen molar-refractivity contribution in [3.8, 4) is 0 Å². The highest BCUT2D eigenvalue weighted by molar-refractivity contribution is 5.74. The van der Waals surface area contributed by atoms with Crippen molar-refractivity contribution in [1.29, 1.82) is 0 Å². The van der Waals surface area contributed by atoms with Gasteiger partial charge >= 0.3 is 6.03 Å². The minimum atomic E-state index is -0.474. The largest absolute Gasteiger partial charge is 0.396 e. The molecule has 2 amide bonds. The molecule has 0 aliphatic heterocycles. The normalized spacial score (nSPS) is 11.7. The topological polar surface area (TPSA) is 104 Å². The van der Waals surface area contributed by atoms with E-state index < -0.39 is 4.92 Å². The fraction of sp³-hybridized carbons (Fsp3) is 0.462. The lowest BCUT2D eigenvalue weighted by Crippen LogP contribution is -2.41. The van der Waals surface area contributed by atoms with Crippen molar-refractivity contribution in [2.24, 2.45) is 0 Å². The van der Waals surface area contributed by atoms with Gasteiger partial charge in [0.05, 0.1) is 4.92 Å². The Bertz CT molecular complexity index is 465. The van der Waals surface area contributed by atoms with Crippen LogP contribution in [-0.2, 0) is 6.54 Å². The number of nitrogens with one attached hydrogen (secondary N) is 2. The third-order valence-electron chi connectivity index (χ3n) is 2.88. The summed E-state index contributed by atoms with van der Waals surface area (Å²) >= 11 is 0. The Labute approximate surface area is 117 Å². The van der Waals surface area contributed by atoms with E-state index in [4.69, 9.17) is 5.11 Å². The van der Waals surface area contributed by atoms with Crippen LogP contribution in [0.25, 0.3) is 0 Å². The molecule has 0 fully saturated rings. The van der Waals surface area contributed by atoms with Gasteiger partial charge in [-0.05, 0) is 18.4 Å². The number of carbonyl (C=O) groups is 1. The summed E-state index contributed by atoms with van der Waals surface area (Å²) in [5.41, 5.74) is 0.654. The van der Waals surface area contributed by atoms with E-state index in [9.17, 15) is 14.9 Å². The van der Waals surface area contributed by atoms with Crippen LogP contribution in [0, 0.1) is 10.1 Å². The Balaban J connectivity index is 2.48. The van der Waals surface area contributed by atoms with E-state index >= 15 is 0 Å². The Hall–Kier alpha value is -2.15. The highest BCUT2D eigenvalue weighted by Gasteiger charge is 2.10. The lowest BCUT2D eigenvalue weighted by Gasteiger charge is -2.16. The van der Waals surface area contributed by atoms with Crippen molar-refractivity contribution in [3.05, 3.63) is 39.9 Å². The van der Waals surface area contributed by atoms with Crippen LogP contribution in [-0.4, -0.2) is 28.7 Å². The number of non-ortho nitro benzene ring substituents is 1. The molecule has 0 saturated carbocycles. The van der Waals surface area contributed by atoms with E-state index in [1.807, 2.05) is 6.92 Å². The molecule has 1 aromatic rings. The van der Waals surface area contributed by atoms with Gasteiger partial charge in [0.25, 0.3) is 5.69 Å². The summed E-state index contributed by atoms with van der Waals surface area (Å²) in [5, 5.41) is 24.8. The van der Waals surface area contributed by atoms with E-state index in [2.05, 4.69) is 10.6 Å². The van der Waals surface area contributed by atoms with Gasteiger partial charge in [0.15, 0.2) is 0 Å². The molecule has 0 aliphatic rings. The first-order chi connectivity index (χ1) is 9.56. The van der Waals surface area contributed by atoms with E-state index in [-0.39, 0.29) is 30.9 Å². The average molecular weight is 281 g/mol. The molecular weight excluding hydrogens is 262 g/mol. The second-order valence-electron chi connectivity index (χ2n) is 4.37. The number of rotatable bonds is 7. The zero-order valence-corrected chi connectivity index (χ0v) is 11.3. The van der Waals surface area contributed by atoms with E-state index in [0.29, 0.717) is 12.0 Å². The predicted molar refractivity (Wildman–Crippen MR) is 74.2 cm³/mol. The van der Waals surface area contributed by atoms with Crippen molar-refractivity contribution in [2.45, 2.75) is 32.4 Å². The van der Waals surface area contributed by atoms with Crippen molar-refractivity contribution >= 4 is 11.7 Å². The van der Waals surface area contributed by atoms with E-state index in [1.165, 1.54) is 12.1 Å². The Morgan fingerprint density at radius 1 is 1.50 bits per heavy atom. The van der Waals surface area contributed by atoms with Crippen LogP contribution < -0.4 is 10.6 Å². The molecule has 0 aromatic heterocycles. The number of amides is 2. The summed E-state index contributed by atoms with van der Waals surface area (Å²) in [5.74, 6) is 0. The predicted octanol–water partition coefficient (Wildman–Crippen LogP) is 1.55. The molecule has 0 heterocycles. The van der Waals surface area contributed by atoms with E-state index in [1.54, 1.807) is 12.1 Å². The van der Waals surface area contributed by atoms with Crippen LogP contribution >= 0.6 is 0 Å². The van der Waals surface area contributed by atoms with Gasteiger partial charge in [-0.25, -0.2) is 4.79 Å². The summed E-state index contributed by atoms with van der Waals surface area (Å²) < 4.78 is 0. The van der Waals surface area contributed by atoms with Crippen molar-refractivity contribution in [1.82, 2.24) is 10.6 Å². The molecule has 0 radical (unpaired) electrons. The molecule has 0 spiro atoms. The van der Waals surface area contributed by atoms with Crippen molar-refractivity contribution in [2.75, 3.05) is 6.61 Å². The third-order valence-corrected chi connectivity index (χ3v) is 2.88. The minimum Gasteiger partial charge on any atom is -0.396 e. The summed E-state index contributed by atoms with van der Waals surface area (Å²) in [7, 11) is 0. The fourth-order valence-electron chi connectivity index (χ4n) is 1.73. The molecule has 20 heavy (non-hydrogen) atoms. The second kappa shape index (κ2) is 8.11. The van der Waals surface area contributed by atoms with Gasteiger partial charge < -0.3 is 15.7 Å². The summed E-state index contributed by atoms with van der Waals surface area (Å²) in [6.45, 7) is 2.15. The van der Waals surface area contributed by atoms with Crippen molar-refractivity contribution < 1.29 is 14.8 Å². The van der Waals surface area contributed by atoms with Crippen LogP contribution in [0.2, 0.25) is 0 Å². The van der Waals surface area contributed by atoms with Gasteiger partial charge in [-0.3, -0.25) is 10.1 Å². The molecule has 1 atom stereocenters. The number of aliphatic hydroxyl groups excluding tert-OH is 1. The molecule has 7 nitrogen and oxygen atoms in total. The number of nitro groups is 1. The van der Waals surface area contributed by atoms with Gasteiger partial charge in [0.1, 0.15) is 0 Å². The van der Waals surface area contributed by atoms with Gasteiger partial charge in [0.2, 0.25) is 0 Å². The maximum absolute atomic E-state index is 11.6.